The Bertz CT molecular complexity index is 412. The minimum atomic E-state index is -4.58. The van der Waals surface area contributed by atoms with Crippen LogP contribution in [0.2, 0.25) is 0 Å². The van der Waals surface area contributed by atoms with Gasteiger partial charge in [0.1, 0.15) is 5.92 Å². The zero-order valence-electron chi connectivity index (χ0n) is 10.9. The average molecular weight is 330 g/mol. The molecule has 2 nitrogen and oxygen atoms in total. The van der Waals surface area contributed by atoms with Crippen LogP contribution in [0.1, 0.15) is 12.0 Å². The molecule has 1 aromatic carbocycles. The van der Waals surface area contributed by atoms with E-state index in [0.29, 0.717) is 6.54 Å². The highest BCUT2D eigenvalue weighted by Crippen LogP contribution is 2.30. The molecule has 1 aromatic rings. The van der Waals surface area contributed by atoms with Crippen LogP contribution < -0.4 is 0 Å². The third-order valence-electron chi connectivity index (χ3n) is 2.76. The SMILES string of the molecule is CN(CCC(C(=O)Cl)C(F)(F)F)Cc1ccccc1.Cl. The molecule has 0 aliphatic carbocycles. The van der Waals surface area contributed by atoms with E-state index in [2.05, 4.69) is 0 Å². The normalized spacial score (nSPS) is 12.9. The summed E-state index contributed by atoms with van der Waals surface area (Å²) in [7, 11) is 1.71. The van der Waals surface area contributed by atoms with Gasteiger partial charge in [0.15, 0.2) is 0 Å². The van der Waals surface area contributed by atoms with Crippen molar-refractivity contribution in [3.63, 3.8) is 0 Å². The lowest BCUT2D eigenvalue weighted by Gasteiger charge is -2.21. The third kappa shape index (κ3) is 6.59. The Morgan fingerprint density at radius 1 is 1.30 bits per heavy atom. The lowest BCUT2D eigenvalue weighted by molar-refractivity contribution is -0.178. The zero-order chi connectivity index (χ0) is 14.5. The lowest BCUT2D eigenvalue weighted by atomic mass is 10.1. The number of benzene rings is 1. The number of rotatable bonds is 6. The fourth-order valence-electron chi connectivity index (χ4n) is 1.73. The van der Waals surface area contributed by atoms with Crippen LogP contribution in [-0.4, -0.2) is 29.9 Å². The molecule has 7 heteroatoms. The fraction of sp³-hybridized carbons (Fsp3) is 0.462. The molecule has 1 rings (SSSR count). The molecular formula is C13H16Cl2F3NO. The van der Waals surface area contributed by atoms with Crippen molar-refractivity contribution < 1.29 is 18.0 Å². The first-order chi connectivity index (χ1) is 8.80. The van der Waals surface area contributed by atoms with Gasteiger partial charge in [-0.2, -0.15) is 13.2 Å². The van der Waals surface area contributed by atoms with Gasteiger partial charge in [0, 0.05) is 6.54 Å². The van der Waals surface area contributed by atoms with Crippen molar-refractivity contribution >= 4 is 29.3 Å². The second kappa shape index (κ2) is 8.49. The molecule has 0 aromatic heterocycles. The predicted molar refractivity (Wildman–Crippen MR) is 75.0 cm³/mol. The first-order valence-electron chi connectivity index (χ1n) is 5.79. The summed E-state index contributed by atoms with van der Waals surface area (Å²) in [5.41, 5.74) is 1.01. The van der Waals surface area contributed by atoms with E-state index in [1.54, 1.807) is 11.9 Å². The van der Waals surface area contributed by atoms with Crippen molar-refractivity contribution in [2.24, 2.45) is 5.92 Å². The Morgan fingerprint density at radius 3 is 2.30 bits per heavy atom. The first kappa shape index (κ1) is 19.2. The minimum Gasteiger partial charge on any atom is -0.302 e. The number of carbonyl (C=O) groups excluding carboxylic acids is 1. The Hall–Kier alpha value is -0.780. The van der Waals surface area contributed by atoms with Gasteiger partial charge in [-0.05, 0) is 37.2 Å². The van der Waals surface area contributed by atoms with Crippen LogP contribution >= 0.6 is 24.0 Å². The van der Waals surface area contributed by atoms with E-state index in [4.69, 9.17) is 11.6 Å². The van der Waals surface area contributed by atoms with Crippen molar-refractivity contribution in [1.82, 2.24) is 4.90 Å². The van der Waals surface area contributed by atoms with Crippen LogP contribution in [0.5, 0.6) is 0 Å². The largest absolute Gasteiger partial charge is 0.399 e. The van der Waals surface area contributed by atoms with E-state index >= 15 is 0 Å². The molecule has 0 aliphatic heterocycles. The molecule has 1 unspecified atom stereocenters. The van der Waals surface area contributed by atoms with E-state index in [-0.39, 0.29) is 25.4 Å². The predicted octanol–water partition coefficient (Wildman–Crippen LogP) is 3.87. The molecule has 114 valence electrons. The van der Waals surface area contributed by atoms with Crippen molar-refractivity contribution in [3.8, 4) is 0 Å². The molecule has 20 heavy (non-hydrogen) atoms. The van der Waals surface area contributed by atoms with E-state index in [1.165, 1.54) is 0 Å². The Balaban J connectivity index is 0.00000361. The topological polar surface area (TPSA) is 20.3 Å². The number of halogens is 5. The van der Waals surface area contributed by atoms with Gasteiger partial charge in [-0.15, -0.1) is 12.4 Å². The molecule has 0 bridgehead atoms. The highest BCUT2D eigenvalue weighted by atomic mass is 35.5. The Morgan fingerprint density at radius 2 is 1.85 bits per heavy atom. The second-order valence-electron chi connectivity index (χ2n) is 4.41. The Kier molecular flexibility index (Phi) is 8.16. The molecule has 0 radical (unpaired) electrons. The van der Waals surface area contributed by atoms with Gasteiger partial charge < -0.3 is 4.90 Å². The lowest BCUT2D eigenvalue weighted by Crippen LogP contribution is -2.32. The van der Waals surface area contributed by atoms with Crippen molar-refractivity contribution in [1.29, 1.82) is 0 Å². The van der Waals surface area contributed by atoms with Gasteiger partial charge in [0.05, 0.1) is 0 Å². The number of nitrogens with zero attached hydrogens (tertiary/aromatic N) is 1. The van der Waals surface area contributed by atoms with Gasteiger partial charge >= 0.3 is 6.18 Å². The van der Waals surface area contributed by atoms with Crippen LogP contribution in [0, 0.1) is 5.92 Å². The Labute approximate surface area is 127 Å². The monoisotopic (exact) mass is 329 g/mol. The van der Waals surface area contributed by atoms with Crippen molar-refractivity contribution in [3.05, 3.63) is 35.9 Å². The molecule has 1 atom stereocenters. The van der Waals surface area contributed by atoms with Crippen molar-refractivity contribution in [2.45, 2.75) is 19.1 Å². The highest BCUT2D eigenvalue weighted by molar-refractivity contribution is 6.64. The summed E-state index contributed by atoms with van der Waals surface area (Å²) < 4.78 is 37.6. The minimum absolute atomic E-state index is 0. The summed E-state index contributed by atoms with van der Waals surface area (Å²) >= 11 is 4.99. The van der Waals surface area contributed by atoms with Gasteiger partial charge in [-0.1, -0.05) is 30.3 Å². The number of carbonyl (C=O) groups is 1. The third-order valence-corrected chi connectivity index (χ3v) is 3.03. The van der Waals surface area contributed by atoms with E-state index in [9.17, 15) is 18.0 Å². The van der Waals surface area contributed by atoms with Crippen LogP contribution in [0.3, 0.4) is 0 Å². The summed E-state index contributed by atoms with van der Waals surface area (Å²) in [4.78, 5) is 12.5. The zero-order valence-corrected chi connectivity index (χ0v) is 12.4. The summed E-state index contributed by atoms with van der Waals surface area (Å²) in [6, 6.07) is 9.39. The van der Waals surface area contributed by atoms with Gasteiger partial charge in [0.25, 0.3) is 0 Å². The maximum Gasteiger partial charge on any atom is 0.399 e. The maximum absolute atomic E-state index is 12.5. The number of hydrogen-bond acceptors (Lipinski definition) is 2. The molecule has 0 heterocycles. The van der Waals surface area contributed by atoms with E-state index in [1.807, 2.05) is 30.3 Å². The first-order valence-corrected chi connectivity index (χ1v) is 6.17. The average Bonchev–Trinajstić information content (AvgIpc) is 2.28. The second-order valence-corrected chi connectivity index (χ2v) is 4.78. The molecular weight excluding hydrogens is 314 g/mol. The summed E-state index contributed by atoms with van der Waals surface area (Å²) in [6.45, 7) is 0.680. The maximum atomic E-state index is 12.5. The molecule has 0 fully saturated rings. The molecule has 0 aliphatic rings. The van der Waals surface area contributed by atoms with Gasteiger partial charge in [-0.3, -0.25) is 4.79 Å². The summed E-state index contributed by atoms with van der Waals surface area (Å²) in [5, 5.41) is -1.35. The van der Waals surface area contributed by atoms with E-state index < -0.39 is 17.3 Å². The summed E-state index contributed by atoms with van der Waals surface area (Å²) in [5.74, 6) is -2.09. The molecule has 0 saturated carbocycles. The van der Waals surface area contributed by atoms with Crippen LogP contribution in [-0.2, 0) is 11.3 Å². The van der Waals surface area contributed by atoms with Crippen LogP contribution in [0.25, 0.3) is 0 Å². The van der Waals surface area contributed by atoms with E-state index in [0.717, 1.165) is 5.56 Å². The van der Waals surface area contributed by atoms with Crippen molar-refractivity contribution in [2.75, 3.05) is 13.6 Å². The van der Waals surface area contributed by atoms with Crippen LogP contribution in [0.15, 0.2) is 30.3 Å². The molecule has 0 N–H and O–H groups in total. The smallest absolute Gasteiger partial charge is 0.302 e. The fourth-order valence-corrected chi connectivity index (χ4v) is 1.96. The quantitative estimate of drug-likeness (QED) is 0.738. The highest BCUT2D eigenvalue weighted by Gasteiger charge is 2.43. The standard InChI is InChI=1S/C13H15ClF3NO.ClH/c1-18(9-10-5-3-2-4-6-10)8-7-11(12(14)19)13(15,16)17;/h2-6,11H,7-9H2,1H3;1H. The molecule has 0 spiro atoms. The molecule has 0 saturated heterocycles. The van der Waals surface area contributed by atoms with Crippen LogP contribution in [0.4, 0.5) is 13.2 Å². The van der Waals surface area contributed by atoms with Gasteiger partial charge in [0.2, 0.25) is 5.24 Å². The number of alkyl halides is 3. The summed E-state index contributed by atoms with van der Waals surface area (Å²) in [6.07, 6.45) is -4.90. The number of hydrogen-bond donors (Lipinski definition) is 0. The van der Waals surface area contributed by atoms with Gasteiger partial charge in [-0.25, -0.2) is 0 Å². The molecule has 0 amide bonds.